The maximum absolute atomic E-state index is 11.3. The van der Waals surface area contributed by atoms with Crippen LogP contribution < -0.4 is 0 Å². The lowest BCUT2D eigenvalue weighted by atomic mass is 9.47. The minimum atomic E-state index is -0.930. The Hall–Kier alpha value is -1.27. The summed E-state index contributed by atoms with van der Waals surface area (Å²) in [6, 6.07) is 0. The van der Waals surface area contributed by atoms with Gasteiger partial charge in [0.2, 0.25) is 0 Å². The molecule has 3 heteroatoms. The Morgan fingerprint density at radius 3 is 2.65 bits per heavy atom. The molecule has 0 aromatic heterocycles. The van der Waals surface area contributed by atoms with Crippen LogP contribution >= 0.6 is 0 Å². The maximum atomic E-state index is 11.3. The number of terminal acetylenes is 1. The van der Waals surface area contributed by atoms with Gasteiger partial charge >= 0.3 is 5.97 Å². The van der Waals surface area contributed by atoms with Gasteiger partial charge in [-0.3, -0.25) is 4.79 Å². The van der Waals surface area contributed by atoms with E-state index in [0.717, 1.165) is 51.4 Å². The predicted molar refractivity (Wildman–Crippen MR) is 101 cm³/mol. The lowest BCUT2D eigenvalue weighted by Gasteiger charge is -2.58. The minimum Gasteiger partial charge on any atom is -0.462 e. The first-order valence-corrected chi connectivity index (χ1v) is 10.3. The van der Waals surface area contributed by atoms with Crippen LogP contribution in [-0.2, 0) is 9.53 Å². The number of allylic oxidation sites excluding steroid dienone is 1. The molecule has 3 fully saturated rings. The summed E-state index contributed by atoms with van der Waals surface area (Å²) in [6.45, 7) is 6.18. The van der Waals surface area contributed by atoms with Crippen LogP contribution in [0.2, 0.25) is 0 Å². The summed E-state index contributed by atoms with van der Waals surface area (Å²) in [7, 11) is 0. The second-order valence-electron chi connectivity index (χ2n) is 9.73. The Labute approximate surface area is 157 Å². The highest BCUT2D eigenvalue weighted by atomic mass is 16.5. The number of hydrogen-bond acceptors (Lipinski definition) is 3. The van der Waals surface area contributed by atoms with Crippen molar-refractivity contribution in [3.05, 3.63) is 11.6 Å². The Balaban J connectivity index is 1.61. The summed E-state index contributed by atoms with van der Waals surface area (Å²) in [4.78, 5) is 11.3. The molecule has 0 aromatic rings. The van der Waals surface area contributed by atoms with E-state index in [9.17, 15) is 9.90 Å². The van der Waals surface area contributed by atoms with Gasteiger partial charge in [-0.25, -0.2) is 0 Å². The number of hydrogen-bond donors (Lipinski definition) is 1. The van der Waals surface area contributed by atoms with Crippen molar-refractivity contribution in [2.24, 2.45) is 28.6 Å². The van der Waals surface area contributed by atoms with Crippen molar-refractivity contribution >= 4 is 5.97 Å². The Morgan fingerprint density at radius 1 is 1.23 bits per heavy atom. The second-order valence-corrected chi connectivity index (χ2v) is 9.73. The Morgan fingerprint density at radius 2 is 1.96 bits per heavy atom. The molecule has 0 spiro atoms. The van der Waals surface area contributed by atoms with Crippen LogP contribution in [0.3, 0.4) is 0 Å². The highest BCUT2D eigenvalue weighted by molar-refractivity contribution is 5.66. The topological polar surface area (TPSA) is 46.5 Å². The quantitative estimate of drug-likeness (QED) is 0.434. The second kappa shape index (κ2) is 5.86. The van der Waals surface area contributed by atoms with E-state index in [1.807, 2.05) is 0 Å². The van der Waals surface area contributed by atoms with Crippen molar-refractivity contribution in [1.82, 2.24) is 0 Å². The summed E-state index contributed by atoms with van der Waals surface area (Å²) in [5, 5.41) is 11.1. The molecule has 7 atom stereocenters. The van der Waals surface area contributed by atoms with Crippen molar-refractivity contribution in [2.75, 3.05) is 0 Å². The average Bonchev–Trinajstić information content (AvgIpc) is 2.87. The van der Waals surface area contributed by atoms with E-state index in [0.29, 0.717) is 17.8 Å². The van der Waals surface area contributed by atoms with Crippen LogP contribution in [0, 0.1) is 40.9 Å². The molecule has 0 amide bonds. The molecule has 142 valence electrons. The smallest absolute Gasteiger partial charge is 0.302 e. The first-order valence-electron chi connectivity index (χ1n) is 10.3. The molecule has 26 heavy (non-hydrogen) atoms. The largest absolute Gasteiger partial charge is 0.462 e. The molecule has 0 heterocycles. The standard InChI is InChI=1S/C23H32O3/c1-5-23(25)13-10-20-18-7-6-16-14-17(26-15(2)24)8-11-21(16,3)19(18)9-12-22(20,23)4/h1,6,17-20,25H,7-14H2,2-4H3/t17-,18+,19-,20-,21-,22-,23-/m0/s1. The van der Waals surface area contributed by atoms with Crippen LogP contribution in [0.5, 0.6) is 0 Å². The van der Waals surface area contributed by atoms with Gasteiger partial charge in [-0.05, 0) is 68.1 Å². The average molecular weight is 357 g/mol. The normalized spacial score (nSPS) is 49.9. The summed E-state index contributed by atoms with van der Waals surface area (Å²) in [6.07, 6.45) is 16.3. The molecule has 0 aromatic carbocycles. The molecule has 0 aliphatic heterocycles. The summed E-state index contributed by atoms with van der Waals surface area (Å²) in [5.41, 5.74) is 0.655. The lowest BCUT2D eigenvalue weighted by molar-refractivity contribution is -0.149. The highest BCUT2D eigenvalue weighted by Crippen LogP contribution is 2.67. The van der Waals surface area contributed by atoms with Gasteiger partial charge in [0, 0.05) is 18.8 Å². The van der Waals surface area contributed by atoms with Crippen molar-refractivity contribution in [2.45, 2.75) is 83.8 Å². The number of esters is 1. The van der Waals surface area contributed by atoms with E-state index >= 15 is 0 Å². The van der Waals surface area contributed by atoms with E-state index in [4.69, 9.17) is 11.2 Å². The third kappa shape index (κ3) is 2.34. The Kier molecular flexibility index (Phi) is 4.08. The summed E-state index contributed by atoms with van der Waals surface area (Å²) < 4.78 is 5.51. The first kappa shape index (κ1) is 18.1. The zero-order valence-electron chi connectivity index (χ0n) is 16.4. The molecule has 4 rings (SSSR count). The minimum absolute atomic E-state index is 0.0512. The summed E-state index contributed by atoms with van der Waals surface area (Å²) in [5.74, 6) is 4.39. The zero-order valence-corrected chi connectivity index (χ0v) is 16.4. The van der Waals surface area contributed by atoms with E-state index in [-0.39, 0.29) is 22.9 Å². The fraction of sp³-hybridized carbons (Fsp3) is 0.783. The molecule has 0 radical (unpaired) electrons. The van der Waals surface area contributed by atoms with Crippen LogP contribution in [0.1, 0.15) is 72.1 Å². The van der Waals surface area contributed by atoms with Crippen molar-refractivity contribution in [3.63, 3.8) is 0 Å². The van der Waals surface area contributed by atoms with Gasteiger partial charge in [-0.2, -0.15) is 0 Å². The van der Waals surface area contributed by atoms with Crippen molar-refractivity contribution < 1.29 is 14.6 Å². The number of carbonyl (C=O) groups excluding carboxylic acids is 1. The van der Waals surface area contributed by atoms with Crippen LogP contribution in [0.4, 0.5) is 0 Å². The molecule has 0 unspecified atom stereocenters. The maximum Gasteiger partial charge on any atom is 0.302 e. The van der Waals surface area contributed by atoms with Crippen LogP contribution in [-0.4, -0.2) is 22.8 Å². The number of rotatable bonds is 1. The van der Waals surface area contributed by atoms with Crippen LogP contribution in [0.25, 0.3) is 0 Å². The third-order valence-corrected chi connectivity index (χ3v) is 8.78. The van der Waals surface area contributed by atoms with Gasteiger partial charge in [0.15, 0.2) is 0 Å². The van der Waals surface area contributed by atoms with Gasteiger partial charge in [0.25, 0.3) is 0 Å². The zero-order chi connectivity index (χ0) is 18.7. The number of aliphatic hydroxyl groups is 1. The molecule has 4 aliphatic carbocycles. The number of ether oxygens (including phenoxy) is 1. The van der Waals surface area contributed by atoms with Crippen molar-refractivity contribution in [3.8, 4) is 12.3 Å². The lowest BCUT2D eigenvalue weighted by Crippen LogP contribution is -2.54. The SMILES string of the molecule is C#C[C@]1(O)CC[C@H]2[C@@H]3CC=C4C[C@@H](OC(C)=O)CC[C@]4(C)[C@H]3CC[C@@]21C. The van der Waals surface area contributed by atoms with Crippen LogP contribution in [0.15, 0.2) is 11.6 Å². The van der Waals surface area contributed by atoms with Crippen molar-refractivity contribution in [1.29, 1.82) is 0 Å². The number of fused-ring (bicyclic) bond motifs is 5. The molecule has 0 saturated heterocycles. The van der Waals surface area contributed by atoms with Gasteiger partial charge in [0.1, 0.15) is 11.7 Å². The van der Waals surface area contributed by atoms with Gasteiger partial charge in [0.05, 0.1) is 0 Å². The molecule has 3 saturated carbocycles. The molecule has 3 nitrogen and oxygen atoms in total. The molecular weight excluding hydrogens is 324 g/mol. The monoisotopic (exact) mass is 356 g/mol. The van der Waals surface area contributed by atoms with Gasteiger partial charge in [-0.15, -0.1) is 6.42 Å². The van der Waals surface area contributed by atoms with E-state index in [2.05, 4.69) is 25.8 Å². The summed E-state index contributed by atoms with van der Waals surface area (Å²) >= 11 is 0. The predicted octanol–water partition coefficient (Wildman–Crippen LogP) is 4.25. The number of carbonyl (C=O) groups is 1. The Bertz CT molecular complexity index is 688. The van der Waals surface area contributed by atoms with Gasteiger partial charge in [-0.1, -0.05) is 31.4 Å². The molecular formula is C23H32O3. The third-order valence-electron chi connectivity index (χ3n) is 8.78. The molecule has 1 N–H and O–H groups in total. The van der Waals surface area contributed by atoms with E-state index < -0.39 is 5.60 Å². The highest BCUT2D eigenvalue weighted by Gasteiger charge is 2.63. The molecule has 4 aliphatic rings. The van der Waals surface area contributed by atoms with E-state index in [1.54, 1.807) is 0 Å². The molecule has 0 bridgehead atoms. The van der Waals surface area contributed by atoms with Gasteiger partial charge < -0.3 is 9.84 Å². The first-order chi connectivity index (χ1) is 12.2. The fourth-order valence-corrected chi connectivity index (χ4v) is 7.22. The fourth-order valence-electron chi connectivity index (χ4n) is 7.22. The van der Waals surface area contributed by atoms with E-state index in [1.165, 1.54) is 12.5 Å².